The first kappa shape index (κ1) is 17.6. The minimum Gasteiger partial charge on any atom is -0.360 e. The van der Waals surface area contributed by atoms with E-state index < -0.39 is 5.91 Å². The molecule has 0 atom stereocenters. The summed E-state index contributed by atoms with van der Waals surface area (Å²) in [6.07, 6.45) is 2.27. The van der Waals surface area contributed by atoms with Crippen LogP contribution < -0.4 is 10.6 Å². The number of amides is 1. The van der Waals surface area contributed by atoms with E-state index >= 15 is 0 Å². The molecule has 0 aliphatic heterocycles. The van der Waals surface area contributed by atoms with Crippen LogP contribution in [0.25, 0.3) is 0 Å². The Bertz CT molecular complexity index is 822. The Labute approximate surface area is 146 Å². The van der Waals surface area contributed by atoms with Crippen LogP contribution in [0.15, 0.2) is 54.2 Å². The van der Waals surface area contributed by atoms with Crippen molar-refractivity contribution in [2.45, 2.75) is 20.3 Å². The standard InChI is InChI=1S/C19H18ClN3O/c1-3-14-7-4-5-9-18(14)22-12-15(11-21)19(24)23-17-10-6-8-16(20)13(17)2/h4-10,12,22H,3H2,1-2H3,(H,23,24)/b15-12-. The van der Waals surface area contributed by atoms with Crippen molar-refractivity contribution >= 4 is 28.9 Å². The predicted molar refractivity (Wildman–Crippen MR) is 98.0 cm³/mol. The summed E-state index contributed by atoms with van der Waals surface area (Å²) in [7, 11) is 0. The molecule has 122 valence electrons. The van der Waals surface area contributed by atoms with Crippen molar-refractivity contribution in [3.05, 3.63) is 70.4 Å². The number of nitriles is 1. The van der Waals surface area contributed by atoms with Crippen molar-refractivity contribution in [3.63, 3.8) is 0 Å². The Morgan fingerprint density at radius 2 is 1.92 bits per heavy atom. The minimum atomic E-state index is -0.482. The summed E-state index contributed by atoms with van der Waals surface area (Å²) in [6.45, 7) is 3.85. The summed E-state index contributed by atoms with van der Waals surface area (Å²) in [5.74, 6) is -0.482. The van der Waals surface area contributed by atoms with Gasteiger partial charge in [-0.25, -0.2) is 0 Å². The van der Waals surface area contributed by atoms with Gasteiger partial charge in [-0.2, -0.15) is 5.26 Å². The fourth-order valence-corrected chi connectivity index (χ4v) is 2.38. The lowest BCUT2D eigenvalue weighted by Crippen LogP contribution is -2.15. The van der Waals surface area contributed by atoms with E-state index in [4.69, 9.17) is 11.6 Å². The average molecular weight is 340 g/mol. The molecule has 5 heteroatoms. The molecule has 24 heavy (non-hydrogen) atoms. The lowest BCUT2D eigenvalue weighted by molar-refractivity contribution is -0.112. The maximum atomic E-state index is 12.3. The number of nitrogens with zero attached hydrogens (tertiary/aromatic N) is 1. The average Bonchev–Trinajstić information content (AvgIpc) is 2.60. The molecule has 2 rings (SSSR count). The van der Waals surface area contributed by atoms with Crippen LogP contribution >= 0.6 is 11.6 Å². The van der Waals surface area contributed by atoms with Crippen LogP contribution in [-0.2, 0) is 11.2 Å². The van der Waals surface area contributed by atoms with E-state index in [1.165, 1.54) is 6.20 Å². The number of aryl methyl sites for hydroxylation is 1. The minimum absolute atomic E-state index is 0.0136. The Balaban J connectivity index is 2.17. The zero-order chi connectivity index (χ0) is 17.5. The molecule has 0 bridgehead atoms. The number of carbonyl (C=O) groups excluding carboxylic acids is 1. The highest BCUT2D eigenvalue weighted by atomic mass is 35.5. The van der Waals surface area contributed by atoms with Crippen molar-refractivity contribution in [2.24, 2.45) is 0 Å². The first-order chi connectivity index (χ1) is 11.6. The van der Waals surface area contributed by atoms with Crippen molar-refractivity contribution in [1.29, 1.82) is 5.26 Å². The van der Waals surface area contributed by atoms with Gasteiger partial charge >= 0.3 is 0 Å². The van der Waals surface area contributed by atoms with Crippen LogP contribution in [0.4, 0.5) is 11.4 Å². The summed E-state index contributed by atoms with van der Waals surface area (Å²) >= 11 is 6.04. The molecule has 0 aliphatic rings. The largest absolute Gasteiger partial charge is 0.360 e. The van der Waals surface area contributed by atoms with Gasteiger partial charge in [-0.05, 0) is 42.7 Å². The number of halogens is 1. The van der Waals surface area contributed by atoms with Crippen LogP contribution in [0.5, 0.6) is 0 Å². The monoisotopic (exact) mass is 339 g/mol. The molecule has 2 N–H and O–H groups in total. The molecule has 0 saturated carbocycles. The molecule has 2 aromatic rings. The molecule has 0 saturated heterocycles. The van der Waals surface area contributed by atoms with Gasteiger partial charge in [0.1, 0.15) is 11.6 Å². The fraction of sp³-hybridized carbons (Fsp3) is 0.158. The lowest BCUT2D eigenvalue weighted by Gasteiger charge is -2.10. The Hall–Kier alpha value is -2.77. The molecule has 0 heterocycles. The van der Waals surface area contributed by atoms with Crippen LogP contribution in [0.1, 0.15) is 18.1 Å². The Kier molecular flexibility index (Phi) is 6.00. The topological polar surface area (TPSA) is 64.9 Å². The van der Waals surface area contributed by atoms with Gasteiger partial charge in [0, 0.05) is 22.6 Å². The number of carbonyl (C=O) groups is 1. The Morgan fingerprint density at radius 3 is 2.62 bits per heavy atom. The lowest BCUT2D eigenvalue weighted by atomic mass is 10.1. The third kappa shape index (κ3) is 4.15. The smallest absolute Gasteiger partial charge is 0.267 e. The number of para-hydroxylation sites is 1. The van der Waals surface area contributed by atoms with Crippen molar-refractivity contribution < 1.29 is 4.79 Å². The second kappa shape index (κ2) is 8.19. The molecule has 0 aliphatic carbocycles. The maximum absolute atomic E-state index is 12.3. The first-order valence-electron chi connectivity index (χ1n) is 7.58. The van der Waals surface area contributed by atoms with Crippen LogP contribution in [-0.4, -0.2) is 5.91 Å². The SMILES string of the molecule is CCc1ccccc1N/C=C(/C#N)C(=O)Nc1cccc(Cl)c1C. The van der Waals surface area contributed by atoms with Crippen LogP contribution in [0.2, 0.25) is 5.02 Å². The van der Waals surface area contributed by atoms with Crippen LogP contribution in [0.3, 0.4) is 0 Å². The highest BCUT2D eigenvalue weighted by Crippen LogP contribution is 2.23. The second-order valence-electron chi connectivity index (χ2n) is 5.19. The molecule has 0 radical (unpaired) electrons. The zero-order valence-electron chi connectivity index (χ0n) is 13.6. The predicted octanol–water partition coefficient (Wildman–Crippen LogP) is 4.67. The summed E-state index contributed by atoms with van der Waals surface area (Å²) in [6, 6.07) is 14.9. The summed E-state index contributed by atoms with van der Waals surface area (Å²) in [5, 5.41) is 15.6. The van der Waals surface area contributed by atoms with Crippen LogP contribution in [0, 0.1) is 18.3 Å². The van der Waals surface area contributed by atoms with Gasteiger partial charge < -0.3 is 10.6 Å². The van der Waals surface area contributed by atoms with E-state index in [0.717, 1.165) is 23.2 Å². The zero-order valence-corrected chi connectivity index (χ0v) is 14.3. The molecule has 0 spiro atoms. The van der Waals surface area contributed by atoms with Gasteiger partial charge in [0.25, 0.3) is 5.91 Å². The number of nitrogens with one attached hydrogen (secondary N) is 2. The third-order valence-corrected chi connectivity index (χ3v) is 4.06. The van der Waals surface area contributed by atoms with E-state index in [0.29, 0.717) is 10.7 Å². The molecule has 2 aromatic carbocycles. The normalized spacial score (nSPS) is 10.8. The van der Waals surface area contributed by atoms with Crippen molar-refractivity contribution in [3.8, 4) is 6.07 Å². The summed E-state index contributed by atoms with van der Waals surface area (Å²) < 4.78 is 0. The number of rotatable bonds is 5. The van der Waals surface area contributed by atoms with E-state index in [-0.39, 0.29) is 5.57 Å². The molecule has 0 aromatic heterocycles. The second-order valence-corrected chi connectivity index (χ2v) is 5.60. The molecule has 4 nitrogen and oxygen atoms in total. The van der Waals surface area contributed by atoms with Gasteiger partial charge in [0.05, 0.1) is 0 Å². The summed E-state index contributed by atoms with van der Waals surface area (Å²) in [4.78, 5) is 12.3. The van der Waals surface area contributed by atoms with Crippen molar-refractivity contribution in [2.75, 3.05) is 10.6 Å². The highest BCUT2D eigenvalue weighted by Gasteiger charge is 2.12. The van der Waals surface area contributed by atoms with E-state index in [9.17, 15) is 10.1 Å². The van der Waals surface area contributed by atoms with Gasteiger partial charge in [0.2, 0.25) is 0 Å². The van der Waals surface area contributed by atoms with E-state index in [2.05, 4.69) is 10.6 Å². The van der Waals surface area contributed by atoms with Gasteiger partial charge in [-0.1, -0.05) is 42.8 Å². The molecular weight excluding hydrogens is 322 g/mol. The van der Waals surface area contributed by atoms with Gasteiger partial charge in [-0.3, -0.25) is 4.79 Å². The number of benzene rings is 2. The highest BCUT2D eigenvalue weighted by molar-refractivity contribution is 6.31. The fourth-order valence-electron chi connectivity index (χ4n) is 2.20. The molecule has 0 unspecified atom stereocenters. The number of hydrogen-bond donors (Lipinski definition) is 2. The molecular formula is C19H18ClN3O. The molecule has 0 fully saturated rings. The maximum Gasteiger partial charge on any atom is 0.267 e. The van der Waals surface area contributed by atoms with E-state index in [1.54, 1.807) is 18.2 Å². The molecule has 1 amide bonds. The number of anilines is 2. The number of hydrogen-bond acceptors (Lipinski definition) is 3. The third-order valence-electron chi connectivity index (χ3n) is 3.65. The van der Waals surface area contributed by atoms with Crippen molar-refractivity contribution in [1.82, 2.24) is 0 Å². The van der Waals surface area contributed by atoms with Gasteiger partial charge in [0.15, 0.2) is 0 Å². The van der Waals surface area contributed by atoms with Gasteiger partial charge in [-0.15, -0.1) is 0 Å². The first-order valence-corrected chi connectivity index (χ1v) is 7.95. The quantitative estimate of drug-likeness (QED) is 0.614. The van der Waals surface area contributed by atoms with E-state index in [1.807, 2.05) is 44.2 Å². The summed E-state index contributed by atoms with van der Waals surface area (Å²) in [5.41, 5.74) is 3.31. The Morgan fingerprint density at radius 1 is 1.21 bits per heavy atom.